The number of nitrogens with zero attached hydrogens (tertiary/aromatic N) is 1. The molecule has 4 nitrogen and oxygen atoms in total. The van der Waals surface area contributed by atoms with E-state index in [-0.39, 0.29) is 12.7 Å². The first-order chi connectivity index (χ1) is 9.25. The summed E-state index contributed by atoms with van der Waals surface area (Å²) in [5.41, 5.74) is 1.43. The van der Waals surface area contributed by atoms with Gasteiger partial charge in [0.05, 0.1) is 0 Å². The van der Waals surface area contributed by atoms with Crippen molar-refractivity contribution in [3.05, 3.63) is 54.1 Å². The van der Waals surface area contributed by atoms with Crippen LogP contribution >= 0.6 is 0 Å². The summed E-state index contributed by atoms with van der Waals surface area (Å²) in [4.78, 5) is 13.9. The molecule has 0 aliphatic carbocycles. The van der Waals surface area contributed by atoms with Crippen LogP contribution in [0.1, 0.15) is 10.4 Å². The minimum Gasteiger partial charge on any atom is -0.454 e. The lowest BCUT2D eigenvalue weighted by molar-refractivity contribution is 0.0993. The van der Waals surface area contributed by atoms with Crippen molar-refractivity contribution in [2.45, 2.75) is 0 Å². The fourth-order valence-corrected chi connectivity index (χ4v) is 1.99. The van der Waals surface area contributed by atoms with Gasteiger partial charge >= 0.3 is 0 Å². The van der Waals surface area contributed by atoms with Gasteiger partial charge in [0.15, 0.2) is 11.5 Å². The second kappa shape index (κ2) is 4.65. The Kier molecular flexibility index (Phi) is 2.83. The quantitative estimate of drug-likeness (QED) is 0.828. The zero-order valence-electron chi connectivity index (χ0n) is 10.5. The number of amides is 1. The minimum atomic E-state index is -0.0561. The van der Waals surface area contributed by atoms with Crippen LogP contribution in [0.3, 0.4) is 0 Å². The highest BCUT2D eigenvalue weighted by atomic mass is 16.7. The van der Waals surface area contributed by atoms with Crippen molar-refractivity contribution in [3.8, 4) is 11.5 Å². The number of benzene rings is 2. The molecule has 3 rings (SSSR count). The van der Waals surface area contributed by atoms with Crippen molar-refractivity contribution in [1.82, 2.24) is 0 Å². The molecule has 0 fully saturated rings. The summed E-state index contributed by atoms with van der Waals surface area (Å²) in [7, 11) is 1.74. The first-order valence-corrected chi connectivity index (χ1v) is 5.98. The van der Waals surface area contributed by atoms with E-state index in [2.05, 4.69) is 0 Å². The molecule has 96 valence electrons. The van der Waals surface area contributed by atoms with Gasteiger partial charge in [-0.25, -0.2) is 0 Å². The zero-order chi connectivity index (χ0) is 13.2. The number of carbonyl (C=O) groups excluding carboxylic acids is 1. The molecule has 1 heterocycles. The summed E-state index contributed by atoms with van der Waals surface area (Å²) >= 11 is 0. The highest BCUT2D eigenvalue weighted by Crippen LogP contribution is 2.35. The van der Waals surface area contributed by atoms with Gasteiger partial charge in [0, 0.05) is 24.4 Å². The summed E-state index contributed by atoms with van der Waals surface area (Å²) in [6, 6.07) is 14.6. The number of rotatable bonds is 2. The van der Waals surface area contributed by atoms with E-state index in [0.717, 1.165) is 5.69 Å². The molecule has 19 heavy (non-hydrogen) atoms. The molecular formula is C15H13NO3. The van der Waals surface area contributed by atoms with E-state index in [0.29, 0.717) is 17.1 Å². The standard InChI is InChI=1S/C15H13NO3/c1-16(15(17)11-5-3-2-4-6-11)12-7-8-13-14(9-12)19-10-18-13/h2-9H,10H2,1H3. The van der Waals surface area contributed by atoms with Crippen molar-refractivity contribution in [1.29, 1.82) is 0 Å². The van der Waals surface area contributed by atoms with Crippen molar-refractivity contribution in [2.75, 3.05) is 18.7 Å². The average Bonchev–Trinajstić information content (AvgIpc) is 2.94. The van der Waals surface area contributed by atoms with E-state index in [4.69, 9.17) is 9.47 Å². The lowest BCUT2D eigenvalue weighted by Gasteiger charge is -2.17. The maximum atomic E-state index is 12.3. The van der Waals surface area contributed by atoms with Gasteiger partial charge in [-0.3, -0.25) is 4.79 Å². The Morgan fingerprint density at radius 1 is 1.05 bits per heavy atom. The van der Waals surface area contributed by atoms with Gasteiger partial charge in [-0.2, -0.15) is 0 Å². The Morgan fingerprint density at radius 3 is 2.58 bits per heavy atom. The smallest absolute Gasteiger partial charge is 0.258 e. The molecule has 0 unspecified atom stereocenters. The maximum Gasteiger partial charge on any atom is 0.258 e. The van der Waals surface area contributed by atoms with Crippen LogP contribution in [-0.2, 0) is 0 Å². The number of ether oxygens (including phenoxy) is 2. The van der Waals surface area contributed by atoms with Gasteiger partial charge in [-0.05, 0) is 24.3 Å². The molecule has 0 N–H and O–H groups in total. The monoisotopic (exact) mass is 255 g/mol. The van der Waals surface area contributed by atoms with E-state index < -0.39 is 0 Å². The Bertz CT molecular complexity index is 610. The predicted molar refractivity (Wildman–Crippen MR) is 71.7 cm³/mol. The first-order valence-electron chi connectivity index (χ1n) is 5.98. The molecule has 0 saturated carbocycles. The van der Waals surface area contributed by atoms with E-state index >= 15 is 0 Å². The molecule has 0 radical (unpaired) electrons. The molecule has 0 bridgehead atoms. The predicted octanol–water partition coefficient (Wildman–Crippen LogP) is 2.69. The molecule has 1 aliphatic rings. The molecule has 1 amide bonds. The van der Waals surface area contributed by atoms with E-state index in [1.807, 2.05) is 36.4 Å². The second-order valence-corrected chi connectivity index (χ2v) is 4.27. The summed E-state index contributed by atoms with van der Waals surface area (Å²) in [5, 5.41) is 0. The third-order valence-corrected chi connectivity index (χ3v) is 3.07. The number of fused-ring (bicyclic) bond motifs is 1. The summed E-state index contributed by atoms with van der Waals surface area (Å²) < 4.78 is 10.6. The Balaban J connectivity index is 1.88. The van der Waals surface area contributed by atoms with Gasteiger partial charge in [0.25, 0.3) is 5.91 Å². The molecule has 4 heteroatoms. The SMILES string of the molecule is CN(C(=O)c1ccccc1)c1ccc2c(c1)OCO2. The molecule has 1 aliphatic heterocycles. The van der Waals surface area contributed by atoms with E-state index in [1.54, 1.807) is 24.1 Å². The van der Waals surface area contributed by atoms with Gasteiger partial charge in [-0.15, -0.1) is 0 Å². The highest BCUT2D eigenvalue weighted by molar-refractivity contribution is 6.05. The van der Waals surface area contributed by atoms with Gasteiger partial charge in [-0.1, -0.05) is 18.2 Å². The van der Waals surface area contributed by atoms with Gasteiger partial charge < -0.3 is 14.4 Å². The second-order valence-electron chi connectivity index (χ2n) is 4.27. The van der Waals surface area contributed by atoms with Crippen LogP contribution in [0.25, 0.3) is 0 Å². The third kappa shape index (κ3) is 2.12. The maximum absolute atomic E-state index is 12.3. The minimum absolute atomic E-state index is 0.0561. The zero-order valence-corrected chi connectivity index (χ0v) is 10.5. The molecule has 2 aromatic rings. The summed E-state index contributed by atoms with van der Waals surface area (Å²) in [6.07, 6.45) is 0. The number of anilines is 1. The van der Waals surface area contributed by atoms with Gasteiger partial charge in [0.2, 0.25) is 6.79 Å². The lowest BCUT2D eigenvalue weighted by atomic mass is 10.2. The lowest BCUT2D eigenvalue weighted by Crippen LogP contribution is -2.26. The van der Waals surface area contributed by atoms with Crippen LogP contribution < -0.4 is 14.4 Å². The Morgan fingerprint density at radius 2 is 1.79 bits per heavy atom. The number of hydrogen-bond acceptors (Lipinski definition) is 3. The Hall–Kier alpha value is -2.49. The molecule has 0 spiro atoms. The fraction of sp³-hybridized carbons (Fsp3) is 0.133. The van der Waals surface area contributed by atoms with Crippen molar-refractivity contribution in [2.24, 2.45) is 0 Å². The molecule has 0 aromatic heterocycles. The van der Waals surface area contributed by atoms with Crippen LogP contribution in [0, 0.1) is 0 Å². The van der Waals surface area contributed by atoms with E-state index in [9.17, 15) is 4.79 Å². The van der Waals surface area contributed by atoms with Crippen LogP contribution in [0.5, 0.6) is 11.5 Å². The molecule has 2 aromatic carbocycles. The molecule has 0 atom stereocenters. The van der Waals surface area contributed by atoms with E-state index in [1.165, 1.54) is 0 Å². The normalized spacial score (nSPS) is 12.3. The summed E-state index contributed by atoms with van der Waals surface area (Å²) in [5.74, 6) is 1.33. The first kappa shape index (κ1) is 11.6. The van der Waals surface area contributed by atoms with Crippen molar-refractivity contribution >= 4 is 11.6 Å². The van der Waals surface area contributed by atoms with Crippen molar-refractivity contribution in [3.63, 3.8) is 0 Å². The van der Waals surface area contributed by atoms with Crippen LogP contribution in [-0.4, -0.2) is 19.7 Å². The van der Waals surface area contributed by atoms with Crippen LogP contribution in [0.2, 0.25) is 0 Å². The number of hydrogen-bond donors (Lipinski definition) is 0. The molecular weight excluding hydrogens is 242 g/mol. The molecule has 0 saturated heterocycles. The largest absolute Gasteiger partial charge is 0.454 e. The fourth-order valence-electron chi connectivity index (χ4n) is 1.99. The van der Waals surface area contributed by atoms with Gasteiger partial charge in [0.1, 0.15) is 0 Å². The van der Waals surface area contributed by atoms with Crippen LogP contribution in [0.15, 0.2) is 48.5 Å². The average molecular weight is 255 g/mol. The van der Waals surface area contributed by atoms with Crippen molar-refractivity contribution < 1.29 is 14.3 Å². The number of carbonyl (C=O) groups is 1. The van der Waals surface area contributed by atoms with Crippen LogP contribution in [0.4, 0.5) is 5.69 Å². The highest BCUT2D eigenvalue weighted by Gasteiger charge is 2.18. The third-order valence-electron chi connectivity index (χ3n) is 3.07. The topological polar surface area (TPSA) is 38.8 Å². The summed E-state index contributed by atoms with van der Waals surface area (Å²) in [6.45, 7) is 0.231. The Labute approximate surface area is 111 Å².